The highest BCUT2D eigenvalue weighted by Gasteiger charge is 2.13. The van der Waals surface area contributed by atoms with Gasteiger partial charge in [-0.1, -0.05) is 0 Å². The van der Waals surface area contributed by atoms with Crippen LogP contribution in [0.5, 0.6) is 5.88 Å². The van der Waals surface area contributed by atoms with Crippen LogP contribution < -0.4 is 10.1 Å². The first-order chi connectivity index (χ1) is 12.3. The first-order valence-corrected chi connectivity index (χ1v) is 7.48. The zero-order valence-electron chi connectivity index (χ0n) is 13.2. The number of amides is 1. The highest BCUT2D eigenvalue weighted by Crippen LogP contribution is 2.14. The van der Waals surface area contributed by atoms with Crippen LogP contribution in [0.25, 0.3) is 16.7 Å². The molecule has 0 bridgehead atoms. The maximum Gasteiger partial charge on any atom is 0.260 e. The van der Waals surface area contributed by atoms with E-state index in [1.165, 1.54) is 7.11 Å². The molecule has 1 N–H and O–H groups in total. The standard InChI is InChI=1S/C16H13N7O2/c1-25-16-14-22-21-13(23(14)7-6-19-16)9-20-15(24)10-2-3-11-12(8-10)18-5-4-17-11/h2-8H,9H2,1H3,(H,20,24). The van der Waals surface area contributed by atoms with Crippen molar-refractivity contribution in [1.29, 1.82) is 0 Å². The number of rotatable bonds is 4. The number of carbonyl (C=O) groups excluding carboxylic acids is 1. The summed E-state index contributed by atoms with van der Waals surface area (Å²) in [4.78, 5) is 24.8. The number of nitrogens with zero attached hydrogens (tertiary/aromatic N) is 6. The summed E-state index contributed by atoms with van der Waals surface area (Å²) in [6, 6.07) is 5.17. The maximum absolute atomic E-state index is 12.4. The lowest BCUT2D eigenvalue weighted by Crippen LogP contribution is -2.24. The number of hydrogen-bond donors (Lipinski definition) is 1. The molecule has 0 saturated heterocycles. The summed E-state index contributed by atoms with van der Waals surface area (Å²) in [5.74, 6) is 0.718. The van der Waals surface area contributed by atoms with Gasteiger partial charge in [-0.2, -0.15) is 0 Å². The fourth-order valence-corrected chi connectivity index (χ4v) is 2.48. The number of benzene rings is 1. The second-order valence-electron chi connectivity index (χ2n) is 5.19. The van der Waals surface area contributed by atoms with E-state index in [4.69, 9.17) is 4.74 Å². The maximum atomic E-state index is 12.4. The Kier molecular flexibility index (Phi) is 3.65. The molecule has 0 atom stereocenters. The Bertz CT molecular complexity index is 1080. The van der Waals surface area contributed by atoms with Crippen molar-refractivity contribution in [2.45, 2.75) is 6.54 Å². The van der Waals surface area contributed by atoms with E-state index in [-0.39, 0.29) is 12.5 Å². The van der Waals surface area contributed by atoms with Crippen LogP contribution in [-0.4, -0.2) is 42.6 Å². The lowest BCUT2D eigenvalue weighted by Gasteiger charge is -2.05. The SMILES string of the molecule is COc1nccn2c(CNC(=O)c3ccc4nccnc4c3)nnc12. The van der Waals surface area contributed by atoms with Gasteiger partial charge in [0.1, 0.15) is 0 Å². The average Bonchev–Trinajstić information content (AvgIpc) is 3.09. The van der Waals surface area contributed by atoms with Crippen molar-refractivity contribution in [2.75, 3.05) is 7.11 Å². The van der Waals surface area contributed by atoms with Crippen molar-refractivity contribution in [1.82, 2.24) is 34.9 Å². The third kappa shape index (κ3) is 2.71. The molecule has 0 fully saturated rings. The van der Waals surface area contributed by atoms with Gasteiger partial charge in [0, 0.05) is 30.4 Å². The molecule has 3 aromatic heterocycles. The van der Waals surface area contributed by atoms with Crippen LogP contribution in [0.2, 0.25) is 0 Å². The second-order valence-corrected chi connectivity index (χ2v) is 5.19. The van der Waals surface area contributed by atoms with E-state index >= 15 is 0 Å². The van der Waals surface area contributed by atoms with Crippen LogP contribution in [0.1, 0.15) is 16.2 Å². The van der Waals surface area contributed by atoms with Crippen LogP contribution in [0.3, 0.4) is 0 Å². The van der Waals surface area contributed by atoms with Crippen molar-refractivity contribution >= 4 is 22.6 Å². The van der Waals surface area contributed by atoms with Gasteiger partial charge in [0.25, 0.3) is 11.8 Å². The Morgan fingerprint density at radius 1 is 1.12 bits per heavy atom. The predicted octanol–water partition coefficient (Wildman–Crippen LogP) is 1.01. The summed E-state index contributed by atoms with van der Waals surface area (Å²) in [5, 5.41) is 10.9. The molecule has 4 rings (SSSR count). The third-order valence-corrected chi connectivity index (χ3v) is 3.70. The van der Waals surface area contributed by atoms with Gasteiger partial charge in [-0.05, 0) is 18.2 Å². The molecule has 4 aromatic rings. The molecule has 124 valence electrons. The Labute approximate surface area is 141 Å². The lowest BCUT2D eigenvalue weighted by atomic mass is 10.2. The lowest BCUT2D eigenvalue weighted by molar-refractivity contribution is 0.0950. The van der Waals surface area contributed by atoms with Gasteiger partial charge in [-0.15, -0.1) is 10.2 Å². The molecule has 0 saturated carbocycles. The summed E-state index contributed by atoms with van der Waals surface area (Å²) in [6.07, 6.45) is 6.50. The molecule has 0 spiro atoms. The molecule has 0 aliphatic rings. The predicted molar refractivity (Wildman–Crippen MR) is 88.0 cm³/mol. The fourth-order valence-electron chi connectivity index (χ4n) is 2.48. The Morgan fingerprint density at radius 3 is 2.80 bits per heavy atom. The zero-order chi connectivity index (χ0) is 17.2. The minimum absolute atomic E-state index is 0.214. The minimum Gasteiger partial charge on any atom is -0.478 e. The third-order valence-electron chi connectivity index (χ3n) is 3.70. The van der Waals surface area contributed by atoms with Crippen LogP contribution in [-0.2, 0) is 6.54 Å². The van der Waals surface area contributed by atoms with Gasteiger partial charge in [0.2, 0.25) is 5.65 Å². The molecule has 0 aliphatic carbocycles. The highest BCUT2D eigenvalue weighted by molar-refractivity contribution is 5.97. The zero-order valence-corrected chi connectivity index (χ0v) is 13.2. The molecule has 0 unspecified atom stereocenters. The molecule has 3 heterocycles. The number of hydrogen-bond acceptors (Lipinski definition) is 7. The van der Waals surface area contributed by atoms with Crippen LogP contribution in [0, 0.1) is 0 Å². The normalized spacial score (nSPS) is 10.9. The molecule has 9 nitrogen and oxygen atoms in total. The topological polar surface area (TPSA) is 107 Å². The molecule has 1 aromatic carbocycles. The van der Waals surface area contributed by atoms with E-state index in [1.54, 1.807) is 47.4 Å². The summed E-state index contributed by atoms with van der Waals surface area (Å²) in [6.45, 7) is 0.214. The summed E-state index contributed by atoms with van der Waals surface area (Å²) < 4.78 is 6.86. The van der Waals surface area contributed by atoms with Gasteiger partial charge < -0.3 is 10.1 Å². The van der Waals surface area contributed by atoms with Gasteiger partial charge in [0.05, 0.1) is 24.7 Å². The minimum atomic E-state index is -0.231. The number of nitrogens with one attached hydrogen (secondary N) is 1. The highest BCUT2D eigenvalue weighted by atomic mass is 16.5. The van der Waals surface area contributed by atoms with Crippen molar-refractivity contribution in [3.8, 4) is 5.88 Å². The molecular formula is C16H13N7O2. The Morgan fingerprint density at radius 2 is 1.96 bits per heavy atom. The van der Waals surface area contributed by atoms with Gasteiger partial charge in [0.15, 0.2) is 5.82 Å². The number of fused-ring (bicyclic) bond motifs is 2. The van der Waals surface area contributed by atoms with Crippen molar-refractivity contribution < 1.29 is 9.53 Å². The number of methoxy groups -OCH3 is 1. The summed E-state index contributed by atoms with van der Waals surface area (Å²) in [7, 11) is 1.51. The summed E-state index contributed by atoms with van der Waals surface area (Å²) in [5.41, 5.74) is 2.40. The fraction of sp³-hybridized carbons (Fsp3) is 0.125. The van der Waals surface area contributed by atoms with Gasteiger partial charge in [-0.3, -0.25) is 19.2 Å². The van der Waals surface area contributed by atoms with E-state index in [0.717, 1.165) is 5.52 Å². The first kappa shape index (κ1) is 14.9. The first-order valence-electron chi connectivity index (χ1n) is 7.48. The van der Waals surface area contributed by atoms with Crippen molar-refractivity contribution in [2.24, 2.45) is 0 Å². The van der Waals surface area contributed by atoms with Gasteiger partial charge in [-0.25, -0.2) is 4.98 Å². The molecule has 25 heavy (non-hydrogen) atoms. The van der Waals surface area contributed by atoms with Crippen molar-refractivity contribution in [3.05, 3.63) is 54.4 Å². The van der Waals surface area contributed by atoms with E-state index in [2.05, 4.69) is 30.5 Å². The quantitative estimate of drug-likeness (QED) is 0.593. The average molecular weight is 335 g/mol. The molecular weight excluding hydrogens is 322 g/mol. The smallest absolute Gasteiger partial charge is 0.260 e. The van der Waals surface area contributed by atoms with Gasteiger partial charge >= 0.3 is 0 Å². The Hall–Kier alpha value is -3.62. The van der Waals surface area contributed by atoms with E-state index < -0.39 is 0 Å². The second kappa shape index (κ2) is 6.11. The van der Waals surface area contributed by atoms with E-state index in [0.29, 0.717) is 28.4 Å². The largest absolute Gasteiger partial charge is 0.478 e. The van der Waals surface area contributed by atoms with E-state index in [9.17, 15) is 4.79 Å². The van der Waals surface area contributed by atoms with Crippen LogP contribution in [0.15, 0.2) is 43.0 Å². The molecule has 1 amide bonds. The number of ether oxygens (including phenoxy) is 1. The monoisotopic (exact) mass is 335 g/mol. The van der Waals surface area contributed by atoms with Crippen LogP contribution >= 0.6 is 0 Å². The van der Waals surface area contributed by atoms with E-state index in [1.807, 2.05) is 0 Å². The molecule has 0 radical (unpaired) electrons. The van der Waals surface area contributed by atoms with Crippen LogP contribution in [0.4, 0.5) is 0 Å². The Balaban J connectivity index is 1.55. The molecule has 0 aliphatic heterocycles. The number of aromatic nitrogens is 6. The number of carbonyl (C=O) groups is 1. The summed E-state index contributed by atoms with van der Waals surface area (Å²) >= 11 is 0. The van der Waals surface area contributed by atoms with Crippen molar-refractivity contribution in [3.63, 3.8) is 0 Å². The molecule has 9 heteroatoms.